The molecule has 0 aromatic rings. The highest BCUT2D eigenvalue weighted by Crippen LogP contribution is 2.86. The van der Waals surface area contributed by atoms with Crippen LogP contribution < -0.4 is 0 Å². The molecule has 42 heavy (non-hydrogen) atoms. The van der Waals surface area contributed by atoms with Crippen LogP contribution in [-0.4, -0.2) is 17.3 Å². The van der Waals surface area contributed by atoms with Crippen molar-refractivity contribution in [3.63, 3.8) is 0 Å². The Morgan fingerprint density at radius 1 is 0.357 bits per heavy atom. The van der Waals surface area contributed by atoms with Gasteiger partial charge in [0.25, 0.3) is 0 Å². The van der Waals surface area contributed by atoms with Crippen molar-refractivity contribution in [2.45, 2.75) is 81.5 Å². The molecule has 8 heteroatoms. The van der Waals surface area contributed by atoms with Crippen LogP contribution in [0.1, 0.15) is 64.2 Å². The largest absolute Gasteiger partial charge is 0.0798 e. The van der Waals surface area contributed by atoms with E-state index in [9.17, 15) is 0 Å². The first-order valence-corrected chi connectivity index (χ1v) is 20.9. The van der Waals surface area contributed by atoms with Gasteiger partial charge in [-0.05, 0) is 104 Å². The summed E-state index contributed by atoms with van der Waals surface area (Å²) < 4.78 is 4.54. The van der Waals surface area contributed by atoms with Crippen LogP contribution in [0.15, 0.2) is 90.8 Å². The highest BCUT2D eigenvalue weighted by atomic mass is 79.9. The molecule has 0 radical (unpaired) electrons. The van der Waals surface area contributed by atoms with E-state index < -0.39 is 0 Å². The summed E-state index contributed by atoms with van der Waals surface area (Å²) >= 11 is 33.9. The second kappa shape index (κ2) is 10.6. The topological polar surface area (TPSA) is 0 Å². The average Bonchev–Trinajstić information content (AvgIpc) is 2.87. The molecule has 8 rings (SSSR count). The minimum absolute atomic E-state index is 0.0400. The Balaban J connectivity index is 1.51. The first-order valence-electron chi connectivity index (χ1n) is 14.6. The molecule has 0 amide bonds. The molecule has 0 saturated heterocycles. The number of alkyl halides is 4. The van der Waals surface area contributed by atoms with Crippen molar-refractivity contribution in [3.8, 4) is 0 Å². The van der Waals surface area contributed by atoms with Crippen LogP contribution in [0.2, 0.25) is 0 Å². The van der Waals surface area contributed by atoms with Gasteiger partial charge in [-0.25, -0.2) is 0 Å². The highest BCUT2D eigenvalue weighted by molar-refractivity contribution is 9.12. The molecule has 0 aromatic carbocycles. The smallest absolute Gasteiger partial charge is 0.0541 e. The lowest BCUT2D eigenvalue weighted by molar-refractivity contribution is -0.226. The van der Waals surface area contributed by atoms with Gasteiger partial charge in [-0.3, -0.25) is 0 Å². The molecule has 8 aliphatic carbocycles. The molecule has 4 bridgehead atoms. The fraction of sp³-hybridized carbons (Fsp3) is 0.529. The summed E-state index contributed by atoms with van der Waals surface area (Å²) in [6.45, 7) is 0. The van der Waals surface area contributed by atoms with Gasteiger partial charge in [0.15, 0.2) is 0 Å². The number of hydrogen-bond acceptors (Lipinski definition) is 0. The van der Waals surface area contributed by atoms with E-state index in [1.807, 2.05) is 0 Å². The van der Waals surface area contributed by atoms with Crippen molar-refractivity contribution < 1.29 is 0 Å². The van der Waals surface area contributed by atoms with Gasteiger partial charge in [-0.2, -0.15) is 0 Å². The molecule has 8 aliphatic rings. The maximum atomic E-state index is 4.54. The molecule has 0 aromatic heterocycles. The van der Waals surface area contributed by atoms with Gasteiger partial charge in [0.05, 0.1) is 17.3 Å². The molecule has 0 nitrogen and oxygen atoms in total. The second-order valence-electron chi connectivity index (χ2n) is 14.2. The summed E-state index contributed by atoms with van der Waals surface area (Å²) in [5.74, 6) is 0. The summed E-state index contributed by atoms with van der Waals surface area (Å²) in [5.41, 5.74) is 0.160. The number of allylic oxidation sites excluding steroid dienone is 16. The van der Waals surface area contributed by atoms with Gasteiger partial charge in [-0.15, -0.1) is 0 Å². The SMILES string of the molecule is BrC1=CC=CC(Br)(C23CC4(C5(Br)C=CC=C(Br)C5)CC(C5(Br)C=CC=C(Br)C5)(C2)CC(C2(Br)C=CC=C(Br)C2)(C3)C4)C1. The molecule has 4 atom stereocenters. The molecule has 0 aliphatic heterocycles. The van der Waals surface area contributed by atoms with Crippen molar-refractivity contribution in [1.82, 2.24) is 0 Å². The Morgan fingerprint density at radius 3 is 0.714 bits per heavy atom. The first kappa shape index (κ1) is 32.3. The zero-order valence-electron chi connectivity index (χ0n) is 23.0. The zero-order valence-corrected chi connectivity index (χ0v) is 35.7. The van der Waals surface area contributed by atoms with Gasteiger partial charge >= 0.3 is 0 Å². The van der Waals surface area contributed by atoms with E-state index in [1.165, 1.54) is 56.5 Å². The lowest BCUT2D eigenvalue weighted by Gasteiger charge is -2.79. The van der Waals surface area contributed by atoms with Crippen molar-refractivity contribution in [3.05, 3.63) is 90.8 Å². The molecular formula is C34H32Br8. The first-order chi connectivity index (χ1) is 19.6. The molecule has 4 fully saturated rings. The minimum atomic E-state index is -0.144. The summed E-state index contributed by atoms with van der Waals surface area (Å²) in [4.78, 5) is 0. The van der Waals surface area contributed by atoms with Crippen LogP contribution in [0.4, 0.5) is 0 Å². The van der Waals surface area contributed by atoms with E-state index in [-0.39, 0.29) is 39.0 Å². The third-order valence-corrected chi connectivity index (χ3v) is 19.6. The standard InChI is InChI=1S/C34H32Br8/c35-23-5-1-9-31(39,13-23)27-17-28(32(40)10-2-6-24(36)14-32)20-29(18-27,33(41)11-3-7-25(37)15-33)22-30(19-27,21-28)34(42)12-4-8-26(38)16-34/h1-12H,13-22H2. The normalized spacial score (nSPS) is 50.9. The van der Waals surface area contributed by atoms with Crippen LogP contribution in [0, 0.1) is 21.7 Å². The van der Waals surface area contributed by atoms with Gasteiger partial charge < -0.3 is 0 Å². The predicted molar refractivity (Wildman–Crippen MR) is 207 cm³/mol. The Labute approximate surface area is 317 Å². The molecule has 224 valence electrons. The van der Waals surface area contributed by atoms with Crippen LogP contribution >= 0.6 is 127 Å². The van der Waals surface area contributed by atoms with Crippen molar-refractivity contribution in [2.75, 3.05) is 0 Å². The van der Waals surface area contributed by atoms with E-state index in [2.05, 4.69) is 200 Å². The van der Waals surface area contributed by atoms with Crippen molar-refractivity contribution in [1.29, 1.82) is 0 Å². The molecule has 0 N–H and O–H groups in total. The predicted octanol–water partition coefficient (Wildman–Crippen LogP) is 13.8. The summed E-state index contributed by atoms with van der Waals surface area (Å²) in [6, 6.07) is 0. The fourth-order valence-corrected chi connectivity index (χ4v) is 17.9. The summed E-state index contributed by atoms with van der Waals surface area (Å²) in [6.07, 6.45) is 39.0. The third kappa shape index (κ3) is 4.68. The summed E-state index contributed by atoms with van der Waals surface area (Å²) in [5, 5.41) is 0. The number of halogens is 8. The Morgan fingerprint density at radius 2 is 0.548 bits per heavy atom. The Bertz CT molecular complexity index is 1220. The van der Waals surface area contributed by atoms with Gasteiger partial charge in [-0.1, -0.05) is 200 Å². The van der Waals surface area contributed by atoms with E-state index >= 15 is 0 Å². The Hall–Kier alpha value is 1.76. The van der Waals surface area contributed by atoms with Gasteiger partial charge in [0, 0.05) is 0 Å². The van der Waals surface area contributed by atoms with E-state index in [1.54, 1.807) is 0 Å². The van der Waals surface area contributed by atoms with Gasteiger partial charge in [0.1, 0.15) is 0 Å². The lowest BCUT2D eigenvalue weighted by Crippen LogP contribution is -2.75. The molecule has 4 saturated carbocycles. The molecule has 0 spiro atoms. The highest BCUT2D eigenvalue weighted by Gasteiger charge is 2.79. The molecule has 0 heterocycles. The fourth-order valence-electron chi connectivity index (χ4n) is 10.5. The van der Waals surface area contributed by atoms with Gasteiger partial charge in [0.2, 0.25) is 0 Å². The van der Waals surface area contributed by atoms with Crippen molar-refractivity contribution >= 4 is 127 Å². The maximum Gasteiger partial charge on any atom is 0.0541 e. The van der Waals surface area contributed by atoms with E-state index in [0.717, 1.165) is 25.7 Å². The van der Waals surface area contributed by atoms with Crippen LogP contribution in [0.5, 0.6) is 0 Å². The van der Waals surface area contributed by atoms with E-state index in [0.29, 0.717) is 0 Å². The summed E-state index contributed by atoms with van der Waals surface area (Å²) in [7, 11) is 0. The monoisotopic (exact) mass is 1070 g/mol. The number of rotatable bonds is 4. The lowest BCUT2D eigenvalue weighted by atomic mass is 9.28. The number of hydrogen-bond donors (Lipinski definition) is 0. The Kier molecular flexibility index (Phi) is 8.18. The second-order valence-corrected chi connectivity index (χ2v) is 24.0. The van der Waals surface area contributed by atoms with Crippen LogP contribution in [-0.2, 0) is 0 Å². The maximum absolute atomic E-state index is 4.54. The van der Waals surface area contributed by atoms with Crippen LogP contribution in [0.3, 0.4) is 0 Å². The van der Waals surface area contributed by atoms with Crippen molar-refractivity contribution in [2.24, 2.45) is 21.7 Å². The zero-order chi connectivity index (χ0) is 29.9. The minimum Gasteiger partial charge on any atom is -0.0798 e. The quantitative estimate of drug-likeness (QED) is 0.246. The molecular weight excluding hydrogens is 1050 g/mol. The van der Waals surface area contributed by atoms with E-state index in [4.69, 9.17) is 0 Å². The molecule has 4 unspecified atom stereocenters. The van der Waals surface area contributed by atoms with Crippen LogP contribution in [0.25, 0.3) is 0 Å². The third-order valence-electron chi connectivity index (χ3n) is 11.8. The average molecular weight is 1080 g/mol.